The highest BCUT2D eigenvalue weighted by atomic mass is 16.1. The van der Waals surface area contributed by atoms with E-state index in [-0.39, 0.29) is 0 Å². The van der Waals surface area contributed by atoms with Crippen molar-refractivity contribution in [2.24, 2.45) is 0 Å². The predicted molar refractivity (Wildman–Crippen MR) is 81.8 cm³/mol. The van der Waals surface area contributed by atoms with Gasteiger partial charge in [0, 0.05) is 12.4 Å². The maximum atomic E-state index is 9.91. The van der Waals surface area contributed by atoms with Crippen LogP contribution in [0.3, 0.4) is 0 Å². The summed E-state index contributed by atoms with van der Waals surface area (Å²) in [6, 6.07) is 8.00. The van der Waals surface area contributed by atoms with Gasteiger partial charge < -0.3 is 9.72 Å². The molecule has 3 aromatic rings. The molecule has 5 nitrogen and oxygen atoms in total. The number of pyridine rings is 2. The van der Waals surface area contributed by atoms with E-state index in [1.807, 2.05) is 36.0 Å². The number of hydrogen-bond donors (Lipinski definition) is 1. The van der Waals surface area contributed by atoms with Crippen molar-refractivity contribution in [1.29, 1.82) is 0 Å². The third-order valence-corrected chi connectivity index (χ3v) is 2.89. The van der Waals surface area contributed by atoms with Crippen molar-refractivity contribution in [2.75, 3.05) is 0 Å². The fourth-order valence-corrected chi connectivity index (χ4v) is 1.78. The van der Waals surface area contributed by atoms with Crippen LogP contribution in [0.15, 0.2) is 49.2 Å². The number of imidazole rings is 1. The number of nitrogens with one attached hydrogen (secondary N) is 1. The van der Waals surface area contributed by atoms with E-state index >= 15 is 0 Å². The lowest BCUT2D eigenvalue weighted by atomic mass is 10.3. The molecule has 3 rings (SSSR count). The van der Waals surface area contributed by atoms with Gasteiger partial charge in [-0.05, 0) is 37.1 Å². The Morgan fingerprint density at radius 1 is 1.14 bits per heavy atom. The number of fused-ring (bicyclic) bond motifs is 1. The Hall–Kier alpha value is -2.69. The van der Waals surface area contributed by atoms with Crippen molar-refractivity contribution in [3.05, 3.63) is 66.0 Å². The van der Waals surface area contributed by atoms with E-state index < -0.39 is 0 Å². The van der Waals surface area contributed by atoms with E-state index in [0.29, 0.717) is 13.0 Å². The highest BCUT2D eigenvalue weighted by Crippen LogP contribution is 2.03. The third kappa shape index (κ3) is 4.42. The number of rotatable bonds is 3. The molecule has 0 radical (unpaired) electrons. The normalized spacial score (nSPS) is 9.81. The molecule has 3 aromatic heterocycles. The van der Waals surface area contributed by atoms with Crippen molar-refractivity contribution in [3.63, 3.8) is 0 Å². The fourth-order valence-electron chi connectivity index (χ4n) is 1.78. The molecule has 0 unspecified atom stereocenters. The molecule has 0 aliphatic heterocycles. The van der Waals surface area contributed by atoms with Gasteiger partial charge in [0.2, 0.25) is 6.41 Å². The van der Waals surface area contributed by atoms with E-state index in [0.717, 1.165) is 16.8 Å². The zero-order valence-electron chi connectivity index (χ0n) is 12.2. The van der Waals surface area contributed by atoms with Gasteiger partial charge in [0.25, 0.3) is 0 Å². The number of aryl methyl sites for hydroxylation is 2. The minimum atomic E-state index is 0.504. The molecular formula is C16H18N4O. The Balaban J connectivity index is 0.000000154. The van der Waals surface area contributed by atoms with Gasteiger partial charge in [-0.1, -0.05) is 12.1 Å². The fraction of sp³-hybridized carbons (Fsp3) is 0.188. The summed E-state index contributed by atoms with van der Waals surface area (Å²) >= 11 is 0. The SMILES string of the molecule is Cc1ccc(CNC=O)nc1.Cc1ccc2cncn2c1. The van der Waals surface area contributed by atoms with Crippen LogP contribution >= 0.6 is 0 Å². The van der Waals surface area contributed by atoms with Crippen LogP contribution in [0.5, 0.6) is 0 Å². The lowest BCUT2D eigenvalue weighted by Crippen LogP contribution is -2.10. The van der Waals surface area contributed by atoms with Crippen molar-refractivity contribution in [3.8, 4) is 0 Å². The second kappa shape index (κ2) is 7.19. The van der Waals surface area contributed by atoms with Crippen LogP contribution in [0, 0.1) is 13.8 Å². The molecule has 0 saturated carbocycles. The summed E-state index contributed by atoms with van der Waals surface area (Å²) in [6.07, 6.45) is 8.16. The van der Waals surface area contributed by atoms with Gasteiger partial charge in [0.15, 0.2) is 0 Å². The number of aromatic nitrogens is 3. The molecule has 0 saturated heterocycles. The second-order valence-corrected chi connectivity index (χ2v) is 4.76. The lowest BCUT2D eigenvalue weighted by Gasteiger charge is -1.97. The number of carbonyl (C=O) groups is 1. The summed E-state index contributed by atoms with van der Waals surface area (Å²) in [7, 11) is 0. The first kappa shape index (κ1) is 14.7. The van der Waals surface area contributed by atoms with E-state index in [9.17, 15) is 4.79 Å². The number of nitrogens with zero attached hydrogens (tertiary/aromatic N) is 3. The summed E-state index contributed by atoms with van der Waals surface area (Å²) in [5.74, 6) is 0. The van der Waals surface area contributed by atoms with Gasteiger partial charge in [-0.3, -0.25) is 9.78 Å². The number of hydrogen-bond acceptors (Lipinski definition) is 3. The Morgan fingerprint density at radius 3 is 2.67 bits per heavy atom. The molecule has 3 heterocycles. The van der Waals surface area contributed by atoms with Crippen LogP contribution in [-0.2, 0) is 11.3 Å². The van der Waals surface area contributed by atoms with Crippen molar-refractivity contribution < 1.29 is 4.79 Å². The minimum absolute atomic E-state index is 0.504. The standard InChI is InChI=1S/C8H10N2O.C8H8N2/c1-7-2-3-8(10-4-7)5-9-6-11;1-7-2-3-8-4-9-6-10(8)5-7/h2-4,6H,5H2,1H3,(H,9,11);2-6H,1H3. The largest absolute Gasteiger partial charge is 0.353 e. The van der Waals surface area contributed by atoms with Crippen LogP contribution in [0.25, 0.3) is 5.52 Å². The Labute approximate surface area is 123 Å². The maximum Gasteiger partial charge on any atom is 0.207 e. The molecule has 0 atom stereocenters. The zero-order chi connectivity index (χ0) is 15.1. The highest BCUT2D eigenvalue weighted by molar-refractivity contribution is 5.46. The molecule has 1 amide bonds. The molecule has 0 aromatic carbocycles. The Bertz CT molecular complexity index is 704. The first-order valence-electron chi connectivity index (χ1n) is 6.66. The lowest BCUT2D eigenvalue weighted by molar-refractivity contribution is -0.109. The summed E-state index contributed by atoms with van der Waals surface area (Å²) in [4.78, 5) is 18.0. The Morgan fingerprint density at radius 2 is 1.95 bits per heavy atom. The van der Waals surface area contributed by atoms with Crippen LogP contribution < -0.4 is 5.32 Å². The minimum Gasteiger partial charge on any atom is -0.353 e. The molecule has 0 fully saturated rings. The van der Waals surface area contributed by atoms with E-state index in [2.05, 4.69) is 40.5 Å². The summed E-state index contributed by atoms with van der Waals surface area (Å²) in [6.45, 7) is 4.55. The smallest absolute Gasteiger partial charge is 0.207 e. The van der Waals surface area contributed by atoms with Crippen LogP contribution in [0.2, 0.25) is 0 Å². The molecule has 1 N–H and O–H groups in total. The van der Waals surface area contributed by atoms with E-state index in [4.69, 9.17) is 0 Å². The topological polar surface area (TPSA) is 59.3 Å². The van der Waals surface area contributed by atoms with Gasteiger partial charge in [0.05, 0.1) is 30.3 Å². The van der Waals surface area contributed by atoms with Gasteiger partial charge in [-0.25, -0.2) is 4.98 Å². The zero-order valence-corrected chi connectivity index (χ0v) is 12.2. The van der Waals surface area contributed by atoms with Gasteiger partial charge in [-0.2, -0.15) is 0 Å². The van der Waals surface area contributed by atoms with Gasteiger partial charge in [-0.15, -0.1) is 0 Å². The summed E-state index contributed by atoms with van der Waals surface area (Å²) in [5, 5.41) is 2.54. The summed E-state index contributed by atoms with van der Waals surface area (Å²) < 4.78 is 2.01. The van der Waals surface area contributed by atoms with Crippen LogP contribution in [0.4, 0.5) is 0 Å². The molecular weight excluding hydrogens is 264 g/mol. The molecule has 0 aliphatic carbocycles. The summed E-state index contributed by atoms with van der Waals surface area (Å²) in [5.41, 5.74) is 4.40. The molecule has 0 spiro atoms. The quantitative estimate of drug-likeness (QED) is 0.750. The predicted octanol–water partition coefficient (Wildman–Crippen LogP) is 2.28. The van der Waals surface area contributed by atoms with Gasteiger partial charge in [0.1, 0.15) is 0 Å². The average molecular weight is 282 g/mol. The molecule has 108 valence electrons. The molecule has 5 heteroatoms. The van der Waals surface area contributed by atoms with E-state index in [1.165, 1.54) is 5.56 Å². The molecule has 21 heavy (non-hydrogen) atoms. The Kier molecular flexibility index (Phi) is 5.04. The highest BCUT2D eigenvalue weighted by Gasteiger charge is 1.91. The van der Waals surface area contributed by atoms with Crippen LogP contribution in [0.1, 0.15) is 16.8 Å². The number of carbonyl (C=O) groups excluding carboxylic acids is 1. The van der Waals surface area contributed by atoms with Crippen molar-refractivity contribution >= 4 is 11.9 Å². The first-order valence-corrected chi connectivity index (χ1v) is 6.66. The second-order valence-electron chi connectivity index (χ2n) is 4.76. The molecule has 0 bridgehead atoms. The van der Waals surface area contributed by atoms with Gasteiger partial charge >= 0.3 is 0 Å². The van der Waals surface area contributed by atoms with E-state index in [1.54, 1.807) is 6.20 Å². The van der Waals surface area contributed by atoms with Crippen molar-refractivity contribution in [1.82, 2.24) is 19.7 Å². The van der Waals surface area contributed by atoms with Crippen molar-refractivity contribution in [2.45, 2.75) is 20.4 Å². The monoisotopic (exact) mass is 282 g/mol. The maximum absolute atomic E-state index is 9.91. The number of amides is 1. The molecule has 0 aliphatic rings. The third-order valence-electron chi connectivity index (χ3n) is 2.89. The van der Waals surface area contributed by atoms with Crippen LogP contribution in [-0.4, -0.2) is 20.8 Å². The first-order chi connectivity index (χ1) is 10.2. The average Bonchev–Trinajstić information content (AvgIpc) is 2.95.